The van der Waals surface area contributed by atoms with Gasteiger partial charge in [-0.1, -0.05) is 43.2 Å². The van der Waals surface area contributed by atoms with Gasteiger partial charge in [-0.3, -0.25) is 9.59 Å². The number of benzene rings is 2. The fraction of sp³-hybridized carbons (Fsp3) is 0.414. The van der Waals surface area contributed by atoms with E-state index in [4.69, 9.17) is 9.90 Å². The number of carboxylic acids is 1. The fourth-order valence-corrected chi connectivity index (χ4v) is 5.10. The van der Waals surface area contributed by atoms with Gasteiger partial charge in [0.1, 0.15) is 5.82 Å². The molecule has 10 heteroatoms. The first-order valence-corrected chi connectivity index (χ1v) is 12.6. The number of amides is 1. The molecule has 2 N–H and O–H groups in total. The Kier molecular flexibility index (Phi) is 9.86. The first-order valence-electron chi connectivity index (χ1n) is 12.6. The SMILES string of the molecule is C[C@H](CC(=O)C#Cc1ccccc1)CN1CCC2(CC1)C(=O)NC[C@H]2c1ccc(F)cc1.O=C(O)C(F)(F)F. The maximum Gasteiger partial charge on any atom is 0.490 e. The molecule has 6 nitrogen and oxygen atoms in total. The van der Waals surface area contributed by atoms with Crippen LogP contribution >= 0.6 is 0 Å². The van der Waals surface area contributed by atoms with Crippen LogP contribution in [0.4, 0.5) is 17.6 Å². The number of carbonyl (C=O) groups is 3. The first kappa shape index (κ1) is 29.8. The normalized spacial score (nSPS) is 19.2. The topological polar surface area (TPSA) is 86.7 Å². The van der Waals surface area contributed by atoms with Crippen molar-refractivity contribution in [3.05, 3.63) is 71.5 Å². The number of hydrogen-bond donors (Lipinski definition) is 2. The number of Topliss-reactive ketones (excluding diaryl/α,β-unsaturated/α-hetero) is 1. The van der Waals surface area contributed by atoms with E-state index < -0.39 is 17.6 Å². The standard InChI is InChI=1S/C27H29FN2O2.C2HF3O2/c1-20(17-24(31)12-7-21-5-3-2-4-6-21)19-30-15-13-27(14-16-30)25(18-29-26(27)32)22-8-10-23(28)11-9-22;3-2(4,5)1(6)7/h2-6,8-11,20,25H,13-19H2,1H3,(H,29,32);(H,6,7)/t20-,25+;/m1./s1. The molecule has 0 saturated carbocycles. The third-order valence-corrected chi connectivity index (χ3v) is 7.07. The molecular formula is C29H30F4N2O4. The Balaban J connectivity index is 0.000000532. The third kappa shape index (κ3) is 8.14. The molecule has 2 aromatic carbocycles. The van der Waals surface area contributed by atoms with Crippen LogP contribution < -0.4 is 5.32 Å². The van der Waals surface area contributed by atoms with Crippen LogP contribution in [0.5, 0.6) is 0 Å². The lowest BCUT2D eigenvalue weighted by molar-refractivity contribution is -0.192. The highest BCUT2D eigenvalue weighted by molar-refractivity contribution is 5.96. The van der Waals surface area contributed by atoms with Crippen molar-refractivity contribution in [2.75, 3.05) is 26.2 Å². The number of nitrogens with one attached hydrogen (secondary N) is 1. The molecule has 2 aromatic rings. The van der Waals surface area contributed by atoms with Crippen LogP contribution in [0.15, 0.2) is 54.6 Å². The molecule has 1 amide bonds. The zero-order valence-electron chi connectivity index (χ0n) is 21.4. The van der Waals surface area contributed by atoms with Crippen molar-refractivity contribution in [3.63, 3.8) is 0 Å². The Bertz CT molecular complexity index is 1210. The number of likely N-dealkylation sites (tertiary alicyclic amines) is 1. The molecule has 39 heavy (non-hydrogen) atoms. The van der Waals surface area contributed by atoms with E-state index in [-0.39, 0.29) is 29.3 Å². The van der Waals surface area contributed by atoms with Crippen LogP contribution in [-0.2, 0) is 14.4 Å². The first-order chi connectivity index (χ1) is 18.4. The lowest BCUT2D eigenvalue weighted by Gasteiger charge is -2.41. The van der Waals surface area contributed by atoms with Crippen molar-refractivity contribution in [1.82, 2.24) is 10.2 Å². The molecule has 2 aliphatic rings. The zero-order valence-corrected chi connectivity index (χ0v) is 21.4. The number of alkyl halides is 3. The lowest BCUT2D eigenvalue weighted by Crippen LogP contribution is -2.47. The maximum atomic E-state index is 13.4. The smallest absolute Gasteiger partial charge is 0.475 e. The van der Waals surface area contributed by atoms with Crippen LogP contribution in [0.2, 0.25) is 0 Å². The summed E-state index contributed by atoms with van der Waals surface area (Å²) < 4.78 is 45.1. The van der Waals surface area contributed by atoms with Gasteiger partial charge in [0.05, 0.1) is 5.41 Å². The van der Waals surface area contributed by atoms with E-state index in [1.165, 1.54) is 12.1 Å². The van der Waals surface area contributed by atoms with Gasteiger partial charge < -0.3 is 15.3 Å². The maximum absolute atomic E-state index is 13.4. The van der Waals surface area contributed by atoms with Crippen LogP contribution in [0, 0.1) is 29.0 Å². The minimum absolute atomic E-state index is 0.0404. The molecule has 2 heterocycles. The van der Waals surface area contributed by atoms with Gasteiger partial charge >= 0.3 is 12.1 Å². The molecule has 208 valence electrons. The highest BCUT2D eigenvalue weighted by Crippen LogP contribution is 2.47. The van der Waals surface area contributed by atoms with Crippen molar-refractivity contribution in [2.45, 2.75) is 38.3 Å². The van der Waals surface area contributed by atoms with Gasteiger partial charge in [-0.15, -0.1) is 0 Å². The number of hydrogen-bond acceptors (Lipinski definition) is 4. The van der Waals surface area contributed by atoms with Crippen LogP contribution in [0.1, 0.15) is 43.2 Å². The van der Waals surface area contributed by atoms with Gasteiger partial charge in [0.2, 0.25) is 11.7 Å². The molecule has 2 atom stereocenters. The second-order valence-electron chi connectivity index (χ2n) is 9.92. The summed E-state index contributed by atoms with van der Waals surface area (Å²) in [4.78, 5) is 36.3. The van der Waals surface area contributed by atoms with E-state index in [0.717, 1.165) is 43.6 Å². The fourth-order valence-electron chi connectivity index (χ4n) is 5.10. The Morgan fingerprint density at radius 3 is 2.26 bits per heavy atom. The predicted octanol–water partition coefficient (Wildman–Crippen LogP) is 4.40. The number of piperidine rings is 1. The molecule has 0 aromatic heterocycles. The van der Waals surface area contributed by atoms with E-state index in [2.05, 4.69) is 29.0 Å². The van der Waals surface area contributed by atoms with E-state index in [9.17, 15) is 27.2 Å². The average Bonchev–Trinajstić information content (AvgIpc) is 3.20. The van der Waals surface area contributed by atoms with Crippen molar-refractivity contribution in [2.24, 2.45) is 11.3 Å². The minimum Gasteiger partial charge on any atom is -0.475 e. The summed E-state index contributed by atoms with van der Waals surface area (Å²) in [6.45, 7) is 5.14. The van der Waals surface area contributed by atoms with Gasteiger partial charge in [0.15, 0.2) is 0 Å². The van der Waals surface area contributed by atoms with Crippen LogP contribution in [-0.4, -0.2) is 60.0 Å². The molecule has 0 unspecified atom stereocenters. The van der Waals surface area contributed by atoms with Crippen molar-refractivity contribution >= 4 is 17.7 Å². The van der Waals surface area contributed by atoms with E-state index in [1.807, 2.05) is 30.3 Å². The minimum atomic E-state index is -5.08. The van der Waals surface area contributed by atoms with E-state index >= 15 is 0 Å². The summed E-state index contributed by atoms with van der Waals surface area (Å²) in [7, 11) is 0. The Morgan fingerprint density at radius 2 is 1.69 bits per heavy atom. The number of aliphatic carboxylic acids is 1. The zero-order chi connectivity index (χ0) is 28.6. The monoisotopic (exact) mass is 546 g/mol. The van der Waals surface area contributed by atoms with Crippen molar-refractivity contribution in [3.8, 4) is 11.8 Å². The van der Waals surface area contributed by atoms with Crippen LogP contribution in [0.25, 0.3) is 0 Å². The number of nitrogens with zero attached hydrogens (tertiary/aromatic N) is 1. The Hall–Kier alpha value is -3.71. The molecule has 2 saturated heterocycles. The average molecular weight is 547 g/mol. The number of ketones is 1. The summed E-state index contributed by atoms with van der Waals surface area (Å²) in [5, 5.41) is 10.2. The Morgan fingerprint density at radius 1 is 1.10 bits per heavy atom. The van der Waals surface area contributed by atoms with Gasteiger partial charge in [-0.05, 0) is 67.6 Å². The molecule has 2 fully saturated rings. The van der Waals surface area contributed by atoms with Gasteiger partial charge in [-0.2, -0.15) is 13.2 Å². The predicted molar refractivity (Wildman–Crippen MR) is 136 cm³/mol. The van der Waals surface area contributed by atoms with Crippen molar-refractivity contribution in [1.29, 1.82) is 0 Å². The lowest BCUT2D eigenvalue weighted by atomic mass is 9.68. The number of halogens is 4. The molecule has 1 spiro atoms. The van der Waals surface area contributed by atoms with Gasteiger partial charge in [0, 0.05) is 31.0 Å². The van der Waals surface area contributed by atoms with Gasteiger partial charge in [0.25, 0.3) is 0 Å². The number of carboxylic acid groups (broad SMARTS) is 1. The summed E-state index contributed by atoms with van der Waals surface area (Å²) >= 11 is 0. The molecule has 0 radical (unpaired) electrons. The third-order valence-electron chi connectivity index (χ3n) is 7.07. The number of carbonyl (C=O) groups excluding carboxylic acids is 2. The quantitative estimate of drug-likeness (QED) is 0.429. The summed E-state index contributed by atoms with van der Waals surface area (Å²) in [6.07, 6.45) is -3.11. The highest BCUT2D eigenvalue weighted by Gasteiger charge is 2.51. The summed E-state index contributed by atoms with van der Waals surface area (Å²) in [5.74, 6) is 3.02. The summed E-state index contributed by atoms with van der Waals surface area (Å²) in [5.41, 5.74) is 1.45. The molecule has 0 bridgehead atoms. The molecule has 4 rings (SSSR count). The summed E-state index contributed by atoms with van der Waals surface area (Å²) in [6, 6.07) is 16.1. The highest BCUT2D eigenvalue weighted by atomic mass is 19.4. The Labute approximate surface area is 224 Å². The molecule has 0 aliphatic carbocycles. The second kappa shape index (κ2) is 12.9. The largest absolute Gasteiger partial charge is 0.490 e. The van der Waals surface area contributed by atoms with Crippen LogP contribution in [0.3, 0.4) is 0 Å². The van der Waals surface area contributed by atoms with E-state index in [0.29, 0.717) is 13.0 Å². The van der Waals surface area contributed by atoms with Gasteiger partial charge in [-0.25, -0.2) is 9.18 Å². The molecular weight excluding hydrogens is 516 g/mol. The number of rotatable bonds is 5. The van der Waals surface area contributed by atoms with E-state index in [1.54, 1.807) is 12.1 Å². The second-order valence-corrected chi connectivity index (χ2v) is 9.92. The molecule has 2 aliphatic heterocycles. The van der Waals surface area contributed by atoms with Crippen molar-refractivity contribution < 1.29 is 37.1 Å².